The molecule has 7 rings (SSSR count). The highest BCUT2D eigenvalue weighted by molar-refractivity contribution is 7.21. The van der Waals surface area contributed by atoms with Gasteiger partial charge in [-0.1, -0.05) is 44.2 Å². The van der Waals surface area contributed by atoms with E-state index in [2.05, 4.69) is 58.7 Å². The summed E-state index contributed by atoms with van der Waals surface area (Å²) in [5.41, 5.74) is 9.97. The zero-order chi connectivity index (χ0) is 21.2. The molecule has 0 aliphatic heterocycles. The standard InChI is InChI=1S/C25H27N5S/c1-25(2)17-9-8-16(19(25)10-17)12-30-14-29-21(15-6-4-3-5-7-15)22(30)20-11-18-23(26)27-13-28-24(18)31-20/h3-7,11,13-14,16-17,19H,8-10,12H2,1-2H3,(H2,26,27,28)/t16?,17-,19-/m0/s1. The van der Waals surface area contributed by atoms with E-state index >= 15 is 0 Å². The van der Waals surface area contributed by atoms with Crippen LogP contribution in [0, 0.1) is 23.2 Å². The topological polar surface area (TPSA) is 69.6 Å². The molecule has 3 aromatic heterocycles. The Morgan fingerprint density at radius 3 is 2.71 bits per heavy atom. The van der Waals surface area contributed by atoms with Crippen molar-refractivity contribution in [3.8, 4) is 21.8 Å². The Kier molecular flexibility index (Phi) is 4.22. The van der Waals surface area contributed by atoms with Crippen molar-refractivity contribution in [3.05, 3.63) is 49.1 Å². The number of fused-ring (bicyclic) bond motifs is 3. The molecule has 31 heavy (non-hydrogen) atoms. The van der Waals surface area contributed by atoms with Crippen molar-refractivity contribution >= 4 is 27.4 Å². The number of nitrogens with zero attached hydrogens (tertiary/aromatic N) is 4. The molecule has 3 aliphatic rings. The maximum atomic E-state index is 6.15. The first kappa shape index (κ1) is 19.0. The summed E-state index contributed by atoms with van der Waals surface area (Å²) < 4.78 is 2.38. The number of thiophene rings is 1. The molecule has 3 atom stereocenters. The smallest absolute Gasteiger partial charge is 0.135 e. The number of imidazole rings is 1. The number of aromatic nitrogens is 4. The van der Waals surface area contributed by atoms with Crippen LogP contribution in [0.4, 0.5) is 5.82 Å². The first-order valence-corrected chi connectivity index (χ1v) is 11.9. The van der Waals surface area contributed by atoms with Gasteiger partial charge in [0.15, 0.2) is 0 Å². The molecule has 2 N–H and O–H groups in total. The van der Waals surface area contributed by atoms with Crippen LogP contribution in [-0.4, -0.2) is 19.5 Å². The van der Waals surface area contributed by atoms with Crippen molar-refractivity contribution in [2.75, 3.05) is 5.73 Å². The number of nitrogens with two attached hydrogens (primary N) is 1. The van der Waals surface area contributed by atoms with Gasteiger partial charge in [0.2, 0.25) is 0 Å². The number of nitrogen functional groups attached to an aromatic ring is 1. The lowest BCUT2D eigenvalue weighted by molar-refractivity contribution is -0.108. The average Bonchev–Trinajstić information content (AvgIpc) is 3.39. The fourth-order valence-corrected chi connectivity index (χ4v) is 7.08. The number of hydrogen-bond donors (Lipinski definition) is 1. The molecule has 158 valence electrons. The highest BCUT2D eigenvalue weighted by Crippen LogP contribution is 2.61. The largest absolute Gasteiger partial charge is 0.383 e. The molecule has 6 heteroatoms. The third kappa shape index (κ3) is 2.92. The molecule has 3 heterocycles. The van der Waals surface area contributed by atoms with Crippen LogP contribution >= 0.6 is 11.3 Å². The predicted octanol–water partition coefficient (Wildman–Crippen LogP) is 5.88. The van der Waals surface area contributed by atoms with E-state index in [9.17, 15) is 0 Å². The number of rotatable bonds is 4. The van der Waals surface area contributed by atoms with Crippen LogP contribution in [0.5, 0.6) is 0 Å². The van der Waals surface area contributed by atoms with E-state index in [-0.39, 0.29) is 0 Å². The SMILES string of the molecule is CC1(C)[C@H]2CCC(Cn3cnc(-c4ccccc4)c3-c3cc4c(N)ncnc4s3)[C@@H]1C2. The van der Waals surface area contributed by atoms with Gasteiger partial charge in [-0.25, -0.2) is 15.0 Å². The van der Waals surface area contributed by atoms with Gasteiger partial charge in [-0.15, -0.1) is 11.3 Å². The number of anilines is 1. The Balaban J connectivity index is 1.46. The molecular weight excluding hydrogens is 402 g/mol. The van der Waals surface area contributed by atoms with Gasteiger partial charge in [0, 0.05) is 12.1 Å². The van der Waals surface area contributed by atoms with Gasteiger partial charge in [0.25, 0.3) is 0 Å². The van der Waals surface area contributed by atoms with E-state index in [1.54, 1.807) is 17.7 Å². The Morgan fingerprint density at radius 2 is 1.97 bits per heavy atom. The molecule has 3 saturated carbocycles. The van der Waals surface area contributed by atoms with Crippen LogP contribution in [0.25, 0.3) is 32.0 Å². The molecule has 2 bridgehead atoms. The molecular formula is C25H27N5S. The normalized spacial score (nSPS) is 24.3. The Morgan fingerprint density at radius 1 is 1.13 bits per heavy atom. The summed E-state index contributed by atoms with van der Waals surface area (Å²) in [7, 11) is 0. The van der Waals surface area contributed by atoms with Crippen LogP contribution in [0.3, 0.4) is 0 Å². The van der Waals surface area contributed by atoms with Gasteiger partial charge in [0.05, 0.1) is 28.0 Å². The second-order valence-electron chi connectivity index (χ2n) is 9.75. The summed E-state index contributed by atoms with van der Waals surface area (Å²) in [6, 6.07) is 12.6. The monoisotopic (exact) mass is 429 g/mol. The highest BCUT2D eigenvalue weighted by atomic mass is 32.1. The molecule has 1 unspecified atom stereocenters. The van der Waals surface area contributed by atoms with Gasteiger partial charge < -0.3 is 10.3 Å². The van der Waals surface area contributed by atoms with Crippen molar-refractivity contribution in [2.45, 2.75) is 39.7 Å². The van der Waals surface area contributed by atoms with Crippen molar-refractivity contribution in [1.29, 1.82) is 0 Å². The fourth-order valence-electron chi connectivity index (χ4n) is 6.01. The third-order valence-corrected chi connectivity index (χ3v) is 8.96. The highest BCUT2D eigenvalue weighted by Gasteiger charge is 2.54. The lowest BCUT2D eigenvalue weighted by Gasteiger charge is -2.60. The minimum absolute atomic E-state index is 0.480. The van der Waals surface area contributed by atoms with Gasteiger partial charge in [-0.2, -0.15) is 0 Å². The number of hydrogen-bond acceptors (Lipinski definition) is 5. The van der Waals surface area contributed by atoms with Crippen LogP contribution in [-0.2, 0) is 6.54 Å². The van der Waals surface area contributed by atoms with Crippen molar-refractivity contribution < 1.29 is 0 Å². The Hall–Kier alpha value is -2.73. The molecule has 4 aromatic rings. The van der Waals surface area contributed by atoms with Crippen molar-refractivity contribution in [1.82, 2.24) is 19.5 Å². The van der Waals surface area contributed by atoms with E-state index in [0.717, 1.165) is 44.7 Å². The predicted molar refractivity (Wildman–Crippen MR) is 127 cm³/mol. The minimum Gasteiger partial charge on any atom is -0.383 e. The number of benzene rings is 1. The summed E-state index contributed by atoms with van der Waals surface area (Å²) in [5.74, 6) is 2.97. The molecule has 0 spiro atoms. The average molecular weight is 430 g/mol. The lowest BCUT2D eigenvalue weighted by Crippen LogP contribution is -2.53. The molecule has 3 fully saturated rings. The molecule has 3 aliphatic carbocycles. The van der Waals surface area contributed by atoms with E-state index in [4.69, 9.17) is 10.7 Å². The van der Waals surface area contributed by atoms with Crippen LogP contribution in [0.2, 0.25) is 0 Å². The van der Waals surface area contributed by atoms with Crippen molar-refractivity contribution in [2.24, 2.45) is 23.2 Å². The zero-order valence-corrected chi connectivity index (χ0v) is 18.8. The third-order valence-electron chi connectivity index (χ3n) is 7.91. The fraction of sp³-hybridized carbons (Fsp3) is 0.400. The minimum atomic E-state index is 0.480. The van der Waals surface area contributed by atoms with E-state index in [1.165, 1.54) is 25.0 Å². The maximum absolute atomic E-state index is 6.15. The first-order valence-electron chi connectivity index (χ1n) is 11.1. The van der Waals surface area contributed by atoms with Gasteiger partial charge >= 0.3 is 0 Å². The summed E-state index contributed by atoms with van der Waals surface area (Å²) in [6.45, 7) is 5.96. The summed E-state index contributed by atoms with van der Waals surface area (Å²) in [6.07, 6.45) is 7.65. The zero-order valence-electron chi connectivity index (χ0n) is 18.0. The van der Waals surface area contributed by atoms with Crippen LogP contribution < -0.4 is 5.73 Å². The molecule has 5 nitrogen and oxygen atoms in total. The van der Waals surface area contributed by atoms with E-state index < -0.39 is 0 Å². The van der Waals surface area contributed by atoms with Crippen molar-refractivity contribution in [3.63, 3.8) is 0 Å². The van der Waals surface area contributed by atoms with E-state index in [1.807, 2.05) is 12.4 Å². The Bertz CT molecular complexity index is 1250. The first-order chi connectivity index (χ1) is 15.0. The summed E-state index contributed by atoms with van der Waals surface area (Å²) in [4.78, 5) is 15.6. The van der Waals surface area contributed by atoms with Crippen LogP contribution in [0.15, 0.2) is 49.1 Å². The molecule has 0 amide bonds. The van der Waals surface area contributed by atoms with Gasteiger partial charge in [-0.3, -0.25) is 0 Å². The van der Waals surface area contributed by atoms with Crippen LogP contribution in [0.1, 0.15) is 33.1 Å². The summed E-state index contributed by atoms with van der Waals surface area (Å²) >= 11 is 1.67. The molecule has 0 radical (unpaired) electrons. The van der Waals surface area contributed by atoms with Gasteiger partial charge in [-0.05, 0) is 48.5 Å². The molecule has 0 saturated heterocycles. The maximum Gasteiger partial charge on any atom is 0.135 e. The lowest BCUT2D eigenvalue weighted by atomic mass is 9.45. The Labute approximate surface area is 186 Å². The summed E-state index contributed by atoms with van der Waals surface area (Å²) in [5, 5.41) is 0.926. The second-order valence-corrected chi connectivity index (χ2v) is 10.8. The van der Waals surface area contributed by atoms with E-state index in [0.29, 0.717) is 17.2 Å². The molecule has 1 aromatic carbocycles. The second kappa shape index (κ2) is 6.89. The quantitative estimate of drug-likeness (QED) is 0.440. The van der Waals surface area contributed by atoms with Gasteiger partial charge in [0.1, 0.15) is 17.0 Å².